The number of hydrogen-bond donors (Lipinski definition) is 3. The smallest absolute Gasteiger partial charge is 0.243 e. The summed E-state index contributed by atoms with van der Waals surface area (Å²) in [6.45, 7) is 8.69. The Morgan fingerprint density at radius 3 is 2.50 bits per heavy atom. The van der Waals surface area contributed by atoms with Crippen LogP contribution in [0.5, 0.6) is 0 Å². The average molecular weight is 542 g/mol. The third-order valence-electron chi connectivity index (χ3n) is 7.59. The average Bonchev–Trinajstić information content (AvgIpc) is 3.20. The van der Waals surface area contributed by atoms with Gasteiger partial charge in [-0.3, -0.25) is 5.41 Å². The molecule has 3 N–H and O–H groups in total. The van der Waals surface area contributed by atoms with Crippen LogP contribution >= 0.6 is 0 Å². The predicted molar refractivity (Wildman–Crippen MR) is 154 cm³/mol. The van der Waals surface area contributed by atoms with E-state index < -0.39 is 10.0 Å². The molecule has 1 saturated carbocycles. The van der Waals surface area contributed by atoms with Crippen molar-refractivity contribution in [2.75, 3.05) is 49.9 Å². The second kappa shape index (κ2) is 13.5. The first-order valence-corrected chi connectivity index (χ1v) is 15.7. The third kappa shape index (κ3) is 7.09. The molecule has 0 amide bonds. The Morgan fingerprint density at radius 1 is 1.03 bits per heavy atom. The number of rotatable bonds is 11. The normalized spacial score (nSPS) is 18.2. The third-order valence-corrected chi connectivity index (χ3v) is 9.51. The van der Waals surface area contributed by atoms with Gasteiger partial charge in [-0.15, -0.1) is 0 Å². The molecule has 0 atom stereocenters. The van der Waals surface area contributed by atoms with Crippen molar-refractivity contribution in [3.05, 3.63) is 41.6 Å². The van der Waals surface area contributed by atoms with E-state index in [4.69, 9.17) is 10.4 Å². The van der Waals surface area contributed by atoms with Gasteiger partial charge in [-0.1, -0.05) is 51.7 Å². The Morgan fingerprint density at radius 2 is 1.79 bits per heavy atom. The van der Waals surface area contributed by atoms with Crippen molar-refractivity contribution in [1.82, 2.24) is 19.2 Å². The molecule has 1 aliphatic heterocycles. The maximum absolute atomic E-state index is 13.3. The molecule has 10 heteroatoms. The molecule has 1 saturated heterocycles. The monoisotopic (exact) mass is 541 g/mol. The second-order valence-electron chi connectivity index (χ2n) is 10.3. The molecule has 0 unspecified atom stereocenters. The van der Waals surface area contributed by atoms with Gasteiger partial charge >= 0.3 is 0 Å². The van der Waals surface area contributed by atoms with E-state index in [2.05, 4.69) is 34.4 Å². The minimum Gasteiger partial charge on any atom is -0.367 e. The molecular formula is C28H43N7O2S. The minimum absolute atomic E-state index is 0.270. The number of nitrogens with zero attached hydrogens (tertiary/aromatic N) is 4. The summed E-state index contributed by atoms with van der Waals surface area (Å²) in [5, 5.41) is 15.8. The lowest BCUT2D eigenvalue weighted by Crippen LogP contribution is -2.35. The summed E-state index contributed by atoms with van der Waals surface area (Å²) in [7, 11) is -3.58. The van der Waals surface area contributed by atoms with Gasteiger partial charge in [-0.2, -0.15) is 9.29 Å². The molecular weight excluding hydrogens is 498 g/mol. The first-order valence-electron chi connectivity index (χ1n) is 14.2. The van der Waals surface area contributed by atoms with Crippen molar-refractivity contribution in [3.8, 4) is 0 Å². The maximum atomic E-state index is 13.3. The standard InChI is InChI=1S/C28H43N7O2S/c1-3-5-16-30-28-31-21-25(27(33-28)32-23-10-7-6-8-11-23)26(29)22-12-14-24(15-13-22)38(36,37)35-18-9-17-34(4-2)19-20-35/h12-15,21,23,29H,3-11,16-20H2,1-2H3,(H2,30,31,32,33). The van der Waals surface area contributed by atoms with Crippen molar-refractivity contribution >= 4 is 27.5 Å². The number of aromatic nitrogens is 2. The second-order valence-corrected chi connectivity index (χ2v) is 12.2. The van der Waals surface area contributed by atoms with E-state index in [-0.39, 0.29) is 10.6 Å². The van der Waals surface area contributed by atoms with Crippen molar-refractivity contribution in [2.45, 2.75) is 76.2 Å². The van der Waals surface area contributed by atoms with Crippen LogP contribution in [0.1, 0.15) is 76.3 Å². The number of unbranched alkanes of at least 4 members (excludes halogenated alkanes) is 1. The highest BCUT2D eigenvalue weighted by Crippen LogP contribution is 2.26. The summed E-state index contributed by atoms with van der Waals surface area (Å²) in [5.74, 6) is 1.23. The van der Waals surface area contributed by atoms with E-state index in [1.54, 1.807) is 34.8 Å². The van der Waals surface area contributed by atoms with Crippen molar-refractivity contribution in [3.63, 3.8) is 0 Å². The largest absolute Gasteiger partial charge is 0.367 e. The molecule has 1 aromatic heterocycles. The van der Waals surface area contributed by atoms with Gasteiger partial charge in [-0.05, 0) is 50.9 Å². The number of likely N-dealkylation sites (N-methyl/N-ethyl adjacent to an activating group) is 1. The van der Waals surface area contributed by atoms with Gasteiger partial charge in [0.05, 0.1) is 16.2 Å². The highest BCUT2D eigenvalue weighted by atomic mass is 32.2. The fourth-order valence-corrected chi connectivity index (χ4v) is 6.65. The van der Waals surface area contributed by atoms with Crippen molar-refractivity contribution < 1.29 is 8.42 Å². The lowest BCUT2D eigenvalue weighted by Gasteiger charge is -2.25. The van der Waals surface area contributed by atoms with Gasteiger partial charge in [0.1, 0.15) is 5.82 Å². The molecule has 1 aromatic carbocycles. The number of sulfonamides is 1. The zero-order valence-electron chi connectivity index (χ0n) is 22.9. The Balaban J connectivity index is 1.53. The summed E-state index contributed by atoms with van der Waals surface area (Å²) in [6.07, 6.45) is 10.5. The van der Waals surface area contributed by atoms with Crippen LogP contribution in [0.15, 0.2) is 35.4 Å². The van der Waals surface area contributed by atoms with E-state index in [0.717, 1.165) is 58.3 Å². The van der Waals surface area contributed by atoms with Gasteiger partial charge in [0.2, 0.25) is 16.0 Å². The van der Waals surface area contributed by atoms with Crippen molar-refractivity contribution in [2.24, 2.45) is 0 Å². The summed E-state index contributed by atoms with van der Waals surface area (Å²) in [4.78, 5) is 11.8. The zero-order chi connectivity index (χ0) is 27.0. The SMILES string of the molecule is CCCCNc1ncc(C(=N)c2ccc(S(=O)(=O)N3CCCN(CC)CC3)cc2)c(NC2CCCCC2)n1. The van der Waals surface area contributed by atoms with Crippen LogP contribution in [-0.4, -0.2) is 78.6 Å². The molecule has 2 aromatic rings. The summed E-state index contributed by atoms with van der Waals surface area (Å²) in [5.41, 5.74) is 1.54. The van der Waals surface area contributed by atoms with Crippen LogP contribution in [-0.2, 0) is 10.0 Å². The quantitative estimate of drug-likeness (QED) is 0.282. The molecule has 2 fully saturated rings. The predicted octanol–water partition coefficient (Wildman–Crippen LogP) is 4.57. The Kier molecular flexibility index (Phi) is 10.1. The molecule has 2 aliphatic rings. The lowest BCUT2D eigenvalue weighted by molar-refractivity contribution is 0.302. The molecule has 9 nitrogen and oxygen atoms in total. The van der Waals surface area contributed by atoms with E-state index in [9.17, 15) is 8.42 Å². The van der Waals surface area contributed by atoms with Crippen LogP contribution in [0.2, 0.25) is 0 Å². The molecule has 0 bridgehead atoms. The van der Waals surface area contributed by atoms with Crippen LogP contribution in [0.3, 0.4) is 0 Å². The molecule has 2 heterocycles. The fourth-order valence-electron chi connectivity index (χ4n) is 5.18. The van der Waals surface area contributed by atoms with Crippen LogP contribution in [0.4, 0.5) is 11.8 Å². The van der Waals surface area contributed by atoms with E-state index >= 15 is 0 Å². The highest BCUT2D eigenvalue weighted by Gasteiger charge is 2.27. The van der Waals surface area contributed by atoms with Gasteiger partial charge < -0.3 is 15.5 Å². The Labute approximate surface area is 228 Å². The van der Waals surface area contributed by atoms with Crippen LogP contribution in [0.25, 0.3) is 0 Å². The maximum Gasteiger partial charge on any atom is 0.243 e. The lowest BCUT2D eigenvalue weighted by atomic mass is 9.95. The van der Waals surface area contributed by atoms with Crippen LogP contribution in [0, 0.1) is 5.41 Å². The number of benzene rings is 1. The fraction of sp³-hybridized carbons (Fsp3) is 0.607. The van der Waals surface area contributed by atoms with Gasteiger partial charge in [0.15, 0.2) is 0 Å². The molecule has 1 aliphatic carbocycles. The van der Waals surface area contributed by atoms with Gasteiger partial charge in [0, 0.05) is 44.0 Å². The number of nitrogens with one attached hydrogen (secondary N) is 3. The van der Waals surface area contributed by atoms with Crippen molar-refractivity contribution in [1.29, 1.82) is 5.41 Å². The Hall–Kier alpha value is -2.56. The minimum atomic E-state index is -3.58. The molecule has 0 spiro atoms. The van der Waals surface area contributed by atoms with E-state index in [1.807, 2.05) is 0 Å². The topological polar surface area (TPSA) is 114 Å². The molecule has 0 radical (unpaired) electrons. The van der Waals surface area contributed by atoms with Crippen LogP contribution < -0.4 is 10.6 Å². The number of hydrogen-bond acceptors (Lipinski definition) is 8. The molecule has 4 rings (SSSR count). The zero-order valence-corrected chi connectivity index (χ0v) is 23.7. The first-order chi connectivity index (χ1) is 18.4. The molecule has 208 valence electrons. The first kappa shape index (κ1) is 28.4. The van der Waals surface area contributed by atoms with E-state index in [1.165, 1.54) is 19.3 Å². The highest BCUT2D eigenvalue weighted by molar-refractivity contribution is 7.89. The summed E-state index contributed by atoms with van der Waals surface area (Å²) >= 11 is 0. The van der Waals surface area contributed by atoms with Gasteiger partial charge in [0.25, 0.3) is 0 Å². The summed E-state index contributed by atoms with van der Waals surface area (Å²) in [6, 6.07) is 7.03. The molecule has 38 heavy (non-hydrogen) atoms. The Bertz CT molecular complexity index is 1160. The summed E-state index contributed by atoms with van der Waals surface area (Å²) < 4.78 is 28.2. The van der Waals surface area contributed by atoms with E-state index in [0.29, 0.717) is 42.0 Å². The van der Waals surface area contributed by atoms with Gasteiger partial charge in [-0.25, -0.2) is 13.4 Å². The number of anilines is 2.